The van der Waals surface area contributed by atoms with Crippen LogP contribution in [0, 0.1) is 13.0 Å². The summed E-state index contributed by atoms with van der Waals surface area (Å²) in [5.41, 5.74) is 7.79. The van der Waals surface area contributed by atoms with E-state index in [2.05, 4.69) is 84.6 Å². The van der Waals surface area contributed by atoms with Crippen molar-refractivity contribution in [3.63, 3.8) is 0 Å². The number of rotatable bonds is 3. The fourth-order valence-electron chi connectivity index (χ4n) is 6.02. The Morgan fingerprint density at radius 1 is 1.08 bits per heavy atom. The first-order chi connectivity index (χ1) is 17.8. The number of benzene rings is 3. The number of hydrogen-bond acceptors (Lipinski definition) is 3. The van der Waals surface area contributed by atoms with Gasteiger partial charge in [-0.15, -0.1) is 29.3 Å². The van der Waals surface area contributed by atoms with Gasteiger partial charge in [-0.05, 0) is 53.6 Å². The molecule has 2 aliphatic rings. The maximum Gasteiger partial charge on any atom is 0.151 e. The Labute approximate surface area is 239 Å². The molecule has 0 unspecified atom stereocenters. The van der Waals surface area contributed by atoms with Crippen molar-refractivity contribution in [3.8, 4) is 11.3 Å². The molecule has 0 aliphatic heterocycles. The summed E-state index contributed by atoms with van der Waals surface area (Å²) in [5.74, 6) is 0.0945. The van der Waals surface area contributed by atoms with E-state index in [-0.39, 0.29) is 31.3 Å². The van der Waals surface area contributed by atoms with E-state index in [1.165, 1.54) is 65.0 Å². The second kappa shape index (κ2) is 11.5. The Balaban J connectivity index is 0.000000207. The molecule has 0 amide bonds. The van der Waals surface area contributed by atoms with Crippen molar-refractivity contribution in [1.82, 2.24) is 9.97 Å². The zero-order valence-corrected chi connectivity index (χ0v) is 25.3. The predicted octanol–water partition coefficient (Wildman–Crippen LogP) is 8.38. The first-order valence-corrected chi connectivity index (χ1v) is 13.4. The van der Waals surface area contributed by atoms with Crippen LogP contribution in [0.2, 0.25) is 0 Å². The average Bonchev–Trinajstić information content (AvgIpc) is 2.87. The Morgan fingerprint density at radius 2 is 1.82 bits per heavy atom. The first kappa shape index (κ1) is 28.1. The zero-order valence-electron chi connectivity index (χ0n) is 22.9. The number of hydrogen-bond donors (Lipinski definition) is 0. The van der Waals surface area contributed by atoms with E-state index >= 15 is 0 Å². The quantitative estimate of drug-likeness (QED) is 0.161. The van der Waals surface area contributed by atoms with Gasteiger partial charge in [-0.1, -0.05) is 94.0 Å². The summed E-state index contributed by atoms with van der Waals surface area (Å²) in [6.07, 6.45) is 9.62. The normalized spacial score (nSPS) is 16.2. The monoisotopic (exact) mass is 682 g/mol. The van der Waals surface area contributed by atoms with Crippen LogP contribution in [-0.4, -0.2) is 21.8 Å². The molecule has 6 rings (SSSR count). The van der Waals surface area contributed by atoms with Crippen molar-refractivity contribution in [3.05, 3.63) is 88.6 Å². The SMILES string of the molecule is CC(=O)/C=C(/C)[N-]C1CCCCC1.Cc1cc2c3c(ncnc3c1)-c1[c-]cc3ccccc3c1C2(C)C.[Ir]. The third-order valence-electron chi connectivity index (χ3n) is 7.64. The molecule has 199 valence electrons. The molecule has 1 fully saturated rings. The molecule has 5 heteroatoms. The summed E-state index contributed by atoms with van der Waals surface area (Å²) in [4.78, 5) is 19.9. The maximum atomic E-state index is 10.8. The third kappa shape index (κ3) is 5.46. The van der Waals surface area contributed by atoms with Gasteiger partial charge in [0.05, 0.1) is 5.52 Å². The van der Waals surface area contributed by atoms with Crippen LogP contribution in [-0.2, 0) is 30.3 Å². The van der Waals surface area contributed by atoms with Crippen LogP contribution in [0.4, 0.5) is 0 Å². The van der Waals surface area contributed by atoms with E-state index < -0.39 is 0 Å². The topological polar surface area (TPSA) is 57.0 Å². The maximum absolute atomic E-state index is 10.8. The molecule has 0 N–H and O–H groups in total. The smallest absolute Gasteiger partial charge is 0.151 e. The van der Waals surface area contributed by atoms with E-state index in [1.54, 1.807) is 19.3 Å². The van der Waals surface area contributed by atoms with Crippen LogP contribution in [0.3, 0.4) is 0 Å². The molecule has 1 aromatic heterocycles. The van der Waals surface area contributed by atoms with E-state index in [1.807, 2.05) is 6.92 Å². The molecule has 0 atom stereocenters. The predicted molar refractivity (Wildman–Crippen MR) is 153 cm³/mol. The number of allylic oxidation sites excluding steroid dienone is 2. The van der Waals surface area contributed by atoms with Gasteiger partial charge < -0.3 is 5.32 Å². The average molecular weight is 682 g/mol. The van der Waals surface area contributed by atoms with Gasteiger partial charge >= 0.3 is 0 Å². The van der Waals surface area contributed by atoms with Crippen LogP contribution < -0.4 is 0 Å². The fourth-order valence-corrected chi connectivity index (χ4v) is 6.02. The van der Waals surface area contributed by atoms with Crippen LogP contribution in [0.25, 0.3) is 38.2 Å². The molecule has 2 aliphatic carbocycles. The molecular weight excluding hydrogens is 647 g/mol. The van der Waals surface area contributed by atoms with Gasteiger partial charge in [0, 0.05) is 20.1 Å². The molecule has 4 nitrogen and oxygen atoms in total. The molecule has 0 bridgehead atoms. The van der Waals surface area contributed by atoms with Gasteiger partial charge in [0.2, 0.25) is 0 Å². The van der Waals surface area contributed by atoms with Crippen LogP contribution in [0.1, 0.15) is 76.5 Å². The number of ketones is 1. The molecule has 38 heavy (non-hydrogen) atoms. The van der Waals surface area contributed by atoms with E-state index in [0.717, 1.165) is 22.5 Å². The van der Waals surface area contributed by atoms with Gasteiger partial charge in [0.15, 0.2) is 5.78 Å². The zero-order chi connectivity index (χ0) is 26.2. The minimum Gasteiger partial charge on any atom is -0.685 e. The van der Waals surface area contributed by atoms with Gasteiger partial charge in [0.1, 0.15) is 6.33 Å². The molecule has 3 aromatic carbocycles. The molecule has 0 spiro atoms. The molecule has 1 saturated carbocycles. The second-order valence-electron chi connectivity index (χ2n) is 11.0. The standard InChI is InChI=1S/C22H17N2.C11H19NO.Ir/c1-13-10-17-19-18(11-13)23-12-24-21(19)16-9-8-14-6-4-5-7-15(14)20(16)22(17,2)3;1-9(8-10(2)13)12-11-6-4-3-5-7-11;/h4-8,10-12H,1-3H3;8,11H,3-7H2,1-2H3,(H,12,13);/q-1;;/p-1. The van der Waals surface area contributed by atoms with Gasteiger partial charge in [-0.25, -0.2) is 4.98 Å². The van der Waals surface area contributed by atoms with Crippen molar-refractivity contribution < 1.29 is 24.9 Å². The largest absolute Gasteiger partial charge is 0.685 e. The fraction of sp³-hybridized carbons (Fsp3) is 0.364. The summed E-state index contributed by atoms with van der Waals surface area (Å²) < 4.78 is 0. The summed E-state index contributed by atoms with van der Waals surface area (Å²) in [5, 5.41) is 8.20. The summed E-state index contributed by atoms with van der Waals surface area (Å²) in [6, 6.07) is 19.1. The Hall–Kier alpha value is -2.88. The number of carbonyl (C=O) groups excluding carboxylic acids is 1. The molecule has 4 aromatic rings. The van der Waals surface area contributed by atoms with Gasteiger partial charge in [-0.3, -0.25) is 9.78 Å². The minimum absolute atomic E-state index is 0. The summed E-state index contributed by atoms with van der Waals surface area (Å²) >= 11 is 0. The van der Waals surface area contributed by atoms with Crippen LogP contribution in [0.15, 0.2) is 60.6 Å². The summed E-state index contributed by atoms with van der Waals surface area (Å²) in [7, 11) is 0. The molecular formula is C33H35IrN3O-2. The van der Waals surface area contributed by atoms with Crippen LogP contribution in [0.5, 0.6) is 0 Å². The third-order valence-corrected chi connectivity index (χ3v) is 7.64. The number of nitrogens with zero attached hydrogens (tertiary/aromatic N) is 3. The van der Waals surface area contributed by atoms with E-state index in [9.17, 15) is 4.79 Å². The number of aromatic nitrogens is 2. The Bertz CT molecular complexity index is 1520. The van der Waals surface area contributed by atoms with Crippen molar-refractivity contribution in [2.75, 3.05) is 0 Å². The van der Waals surface area contributed by atoms with Gasteiger partial charge in [-0.2, -0.15) is 5.70 Å². The minimum atomic E-state index is -0.116. The van der Waals surface area contributed by atoms with Gasteiger partial charge in [0.25, 0.3) is 0 Å². The molecule has 1 radical (unpaired) electrons. The number of carbonyl (C=O) groups is 1. The number of fused-ring (bicyclic) bond motifs is 4. The first-order valence-electron chi connectivity index (χ1n) is 13.4. The van der Waals surface area contributed by atoms with E-state index in [0.29, 0.717) is 6.04 Å². The van der Waals surface area contributed by atoms with Crippen molar-refractivity contribution in [2.45, 2.75) is 78.2 Å². The van der Waals surface area contributed by atoms with Crippen molar-refractivity contribution >= 4 is 27.5 Å². The molecule has 1 heterocycles. The Kier molecular flexibility index (Phi) is 8.49. The number of aryl methyl sites for hydroxylation is 1. The van der Waals surface area contributed by atoms with Crippen LogP contribution >= 0.6 is 0 Å². The summed E-state index contributed by atoms with van der Waals surface area (Å²) in [6.45, 7) is 10.2. The second-order valence-corrected chi connectivity index (χ2v) is 11.0. The van der Waals surface area contributed by atoms with Crippen molar-refractivity contribution in [1.29, 1.82) is 0 Å². The van der Waals surface area contributed by atoms with E-state index in [4.69, 9.17) is 0 Å². The molecule has 0 saturated heterocycles. The Morgan fingerprint density at radius 3 is 2.55 bits per heavy atom. The van der Waals surface area contributed by atoms with Crippen molar-refractivity contribution in [2.24, 2.45) is 0 Å².